The molecule has 1 nitrogen and oxygen atoms in total. The van der Waals surface area contributed by atoms with Gasteiger partial charge in [0.05, 0.1) is 0 Å². The van der Waals surface area contributed by atoms with Gasteiger partial charge in [0.15, 0.2) is 0 Å². The summed E-state index contributed by atoms with van der Waals surface area (Å²) in [4.78, 5) is 0. The van der Waals surface area contributed by atoms with E-state index < -0.39 is 0 Å². The molecule has 0 aromatic rings. The van der Waals surface area contributed by atoms with Crippen LogP contribution in [0.3, 0.4) is 0 Å². The van der Waals surface area contributed by atoms with Gasteiger partial charge in [-0.3, -0.25) is 0 Å². The molecule has 1 spiro atoms. The first-order valence-corrected chi connectivity index (χ1v) is 3.50. The molecule has 0 aromatic carbocycles. The molecular formula is C5H7NS. The van der Waals surface area contributed by atoms with Gasteiger partial charge in [-0.25, -0.2) is 0 Å². The zero-order chi connectivity index (χ0) is 4.74. The number of thioether (sulfide) groups is 1. The van der Waals surface area contributed by atoms with Crippen LogP contribution in [0.25, 0.3) is 0 Å². The maximum atomic E-state index is 3.13. The van der Waals surface area contributed by atoms with Crippen LogP contribution >= 0.6 is 11.8 Å². The molecule has 2 fully saturated rings. The molecule has 0 saturated carbocycles. The fourth-order valence-electron chi connectivity index (χ4n) is 0.830. The third kappa shape index (κ3) is 0.441. The normalized spacial score (nSPS) is 34.3. The summed E-state index contributed by atoms with van der Waals surface area (Å²) in [6, 6.07) is 0. The summed E-state index contributed by atoms with van der Waals surface area (Å²) in [7, 11) is 0. The lowest BCUT2D eigenvalue weighted by Crippen LogP contribution is -2.54. The van der Waals surface area contributed by atoms with Gasteiger partial charge in [0, 0.05) is 30.0 Å². The molecule has 2 radical (unpaired) electrons. The van der Waals surface area contributed by atoms with Crippen molar-refractivity contribution in [1.82, 2.24) is 5.32 Å². The van der Waals surface area contributed by atoms with E-state index in [0.717, 1.165) is 0 Å². The van der Waals surface area contributed by atoms with Gasteiger partial charge in [-0.1, -0.05) is 0 Å². The standard InChI is InChI=1S/C5H7NS/c1-5(2-6-1)3-7-4-5/h1,3,6H,2,4H2. The Hall–Kier alpha value is 0.310. The third-order valence-electron chi connectivity index (χ3n) is 1.49. The lowest BCUT2D eigenvalue weighted by atomic mass is 9.85. The average Bonchev–Trinajstić information content (AvgIpc) is 1.20. The lowest BCUT2D eigenvalue weighted by molar-refractivity contribution is 0.323. The van der Waals surface area contributed by atoms with Crippen LogP contribution in [0.5, 0.6) is 0 Å². The van der Waals surface area contributed by atoms with E-state index >= 15 is 0 Å². The fourth-order valence-corrected chi connectivity index (χ4v) is 1.76. The van der Waals surface area contributed by atoms with Crippen molar-refractivity contribution >= 4 is 11.8 Å². The third-order valence-corrected chi connectivity index (χ3v) is 2.83. The van der Waals surface area contributed by atoms with Gasteiger partial charge < -0.3 is 5.32 Å². The molecule has 2 heteroatoms. The van der Waals surface area contributed by atoms with Crippen molar-refractivity contribution in [2.45, 2.75) is 0 Å². The zero-order valence-corrected chi connectivity index (χ0v) is 4.79. The fraction of sp³-hybridized carbons (Fsp3) is 0.600. The van der Waals surface area contributed by atoms with Gasteiger partial charge >= 0.3 is 0 Å². The molecule has 7 heavy (non-hydrogen) atoms. The predicted octanol–water partition coefficient (Wildman–Crippen LogP) is 0.646. The first kappa shape index (κ1) is 4.21. The molecule has 1 atom stereocenters. The van der Waals surface area contributed by atoms with Crippen molar-refractivity contribution in [3.63, 3.8) is 0 Å². The molecule has 0 bridgehead atoms. The van der Waals surface area contributed by atoms with Gasteiger partial charge in [-0.05, 0) is 0 Å². The maximum Gasteiger partial charge on any atom is 0.0315 e. The maximum absolute atomic E-state index is 3.13. The van der Waals surface area contributed by atoms with Gasteiger partial charge in [-0.15, -0.1) is 0 Å². The van der Waals surface area contributed by atoms with Crippen molar-refractivity contribution < 1.29 is 0 Å². The van der Waals surface area contributed by atoms with Crippen molar-refractivity contribution in [3.05, 3.63) is 12.3 Å². The Morgan fingerprint density at radius 3 is 2.43 bits per heavy atom. The van der Waals surface area contributed by atoms with Crippen molar-refractivity contribution in [3.8, 4) is 0 Å². The number of hydrogen-bond acceptors (Lipinski definition) is 2. The van der Waals surface area contributed by atoms with Crippen molar-refractivity contribution in [2.75, 3.05) is 12.3 Å². The Balaban J connectivity index is 2.00. The molecule has 2 heterocycles. The Morgan fingerprint density at radius 1 is 1.71 bits per heavy atom. The Morgan fingerprint density at radius 2 is 2.43 bits per heavy atom. The van der Waals surface area contributed by atoms with E-state index in [9.17, 15) is 0 Å². The molecule has 2 aliphatic heterocycles. The summed E-state index contributed by atoms with van der Waals surface area (Å²) in [6.07, 6.45) is 0. The number of hydrogen-bond donors (Lipinski definition) is 1. The van der Waals surface area contributed by atoms with Gasteiger partial charge in [0.1, 0.15) is 0 Å². The van der Waals surface area contributed by atoms with Crippen LogP contribution in [0.2, 0.25) is 0 Å². The van der Waals surface area contributed by atoms with Crippen LogP contribution in [0.1, 0.15) is 0 Å². The van der Waals surface area contributed by atoms with Gasteiger partial charge in [-0.2, -0.15) is 11.8 Å². The van der Waals surface area contributed by atoms with Crippen LogP contribution in [0.4, 0.5) is 0 Å². The molecule has 38 valence electrons. The molecule has 1 unspecified atom stereocenters. The summed E-state index contributed by atoms with van der Waals surface area (Å²) >= 11 is 1.92. The van der Waals surface area contributed by atoms with Crippen LogP contribution in [0.15, 0.2) is 0 Å². The Kier molecular flexibility index (Phi) is 0.707. The highest BCUT2D eigenvalue weighted by atomic mass is 32.2. The summed E-state index contributed by atoms with van der Waals surface area (Å²) in [5, 5.41) is 3.13. The highest BCUT2D eigenvalue weighted by molar-refractivity contribution is 8.02. The Bertz CT molecular complexity index is 68.6. The van der Waals surface area contributed by atoms with E-state index in [-0.39, 0.29) is 0 Å². The average molecular weight is 113 g/mol. The van der Waals surface area contributed by atoms with E-state index in [0.29, 0.717) is 5.41 Å². The minimum atomic E-state index is 0.546. The van der Waals surface area contributed by atoms with Crippen LogP contribution in [-0.4, -0.2) is 12.3 Å². The van der Waals surface area contributed by atoms with Gasteiger partial charge in [0.2, 0.25) is 0 Å². The van der Waals surface area contributed by atoms with E-state index in [1.165, 1.54) is 12.3 Å². The second-order valence-electron chi connectivity index (χ2n) is 2.19. The molecule has 0 amide bonds. The second kappa shape index (κ2) is 1.17. The van der Waals surface area contributed by atoms with E-state index in [4.69, 9.17) is 0 Å². The zero-order valence-electron chi connectivity index (χ0n) is 3.98. The number of nitrogens with one attached hydrogen (secondary N) is 1. The van der Waals surface area contributed by atoms with E-state index in [1.807, 2.05) is 11.8 Å². The smallest absolute Gasteiger partial charge is 0.0315 e. The second-order valence-corrected chi connectivity index (χ2v) is 3.04. The minimum absolute atomic E-state index is 0.546. The van der Waals surface area contributed by atoms with Crippen molar-refractivity contribution in [1.29, 1.82) is 0 Å². The van der Waals surface area contributed by atoms with Crippen LogP contribution in [0, 0.1) is 17.7 Å². The minimum Gasteiger partial charge on any atom is -0.311 e. The largest absolute Gasteiger partial charge is 0.311 e. The van der Waals surface area contributed by atoms with Crippen LogP contribution < -0.4 is 5.32 Å². The summed E-state index contributed by atoms with van der Waals surface area (Å²) in [5.41, 5.74) is 0.546. The molecule has 1 N–H and O–H groups in total. The first-order chi connectivity index (χ1) is 3.41. The predicted molar refractivity (Wildman–Crippen MR) is 31.5 cm³/mol. The SMILES string of the molecule is [CH]1NCC12[CH]SC2. The summed E-state index contributed by atoms with van der Waals surface area (Å²) in [6.45, 7) is 3.36. The summed E-state index contributed by atoms with van der Waals surface area (Å²) in [5.74, 6) is 3.61. The highest BCUT2D eigenvalue weighted by Crippen LogP contribution is 2.47. The monoisotopic (exact) mass is 113 g/mol. The Labute approximate surface area is 47.9 Å². The molecule has 2 rings (SSSR count). The van der Waals surface area contributed by atoms with E-state index in [2.05, 4.69) is 17.6 Å². The topological polar surface area (TPSA) is 12.0 Å². The molecule has 0 aliphatic carbocycles. The van der Waals surface area contributed by atoms with Crippen molar-refractivity contribution in [2.24, 2.45) is 5.41 Å². The first-order valence-electron chi connectivity index (χ1n) is 2.45. The molecule has 0 aromatic heterocycles. The lowest BCUT2D eigenvalue weighted by Gasteiger charge is -2.48. The molecular weight excluding hydrogens is 106 g/mol. The number of rotatable bonds is 0. The molecule has 2 aliphatic rings. The highest BCUT2D eigenvalue weighted by Gasteiger charge is 2.43. The van der Waals surface area contributed by atoms with E-state index in [1.54, 1.807) is 0 Å². The molecule has 2 saturated heterocycles. The van der Waals surface area contributed by atoms with Gasteiger partial charge in [0.25, 0.3) is 0 Å². The quantitative estimate of drug-likeness (QED) is 0.495. The summed E-state index contributed by atoms with van der Waals surface area (Å²) < 4.78 is 0. The van der Waals surface area contributed by atoms with Crippen LogP contribution in [-0.2, 0) is 0 Å².